The number of carbonyl (C=O) groups excluding carboxylic acids is 4. The number of nitrogens with two attached hydrogens (primary N) is 1. The molecule has 0 aromatic carbocycles. The summed E-state index contributed by atoms with van der Waals surface area (Å²) in [6.45, 7) is 2.61. The molecular formula is C16H28N4O6. The second-order valence-corrected chi connectivity index (χ2v) is 6.01. The average molecular weight is 372 g/mol. The van der Waals surface area contributed by atoms with Crippen molar-refractivity contribution >= 4 is 29.5 Å². The summed E-state index contributed by atoms with van der Waals surface area (Å²) in [6, 6.07) is -0.623. The van der Waals surface area contributed by atoms with Crippen molar-refractivity contribution in [1.29, 1.82) is 0 Å². The molecule has 26 heavy (non-hydrogen) atoms. The zero-order chi connectivity index (χ0) is 20.1. The number of rotatable bonds is 13. The highest BCUT2D eigenvalue weighted by Crippen LogP contribution is 2.02. The lowest BCUT2D eigenvalue weighted by atomic mass is 10.1. The number of carboxylic acid groups (broad SMARTS) is 1. The number of carboxylic acids is 1. The van der Waals surface area contributed by atoms with Gasteiger partial charge in [-0.15, -0.1) is 0 Å². The lowest BCUT2D eigenvalue weighted by Gasteiger charge is -2.16. The van der Waals surface area contributed by atoms with Gasteiger partial charge in [0.1, 0.15) is 0 Å². The number of amides is 3. The molecule has 1 unspecified atom stereocenters. The summed E-state index contributed by atoms with van der Waals surface area (Å²) in [5.41, 5.74) is 5.39. The summed E-state index contributed by atoms with van der Waals surface area (Å²) in [5, 5.41) is 15.7. The van der Waals surface area contributed by atoms with Crippen molar-refractivity contribution in [3.63, 3.8) is 0 Å². The van der Waals surface area contributed by atoms with Gasteiger partial charge < -0.3 is 26.8 Å². The van der Waals surface area contributed by atoms with E-state index in [9.17, 15) is 24.0 Å². The molecule has 0 aromatic heterocycles. The molecule has 0 fully saturated rings. The number of nitrogens with one attached hydrogen (secondary N) is 3. The van der Waals surface area contributed by atoms with Crippen LogP contribution < -0.4 is 21.7 Å². The maximum Gasteiger partial charge on any atom is 0.304 e. The van der Waals surface area contributed by atoms with Gasteiger partial charge in [-0.1, -0.05) is 6.92 Å². The topological polar surface area (TPSA) is 168 Å². The van der Waals surface area contributed by atoms with Gasteiger partial charge in [0, 0.05) is 5.92 Å². The molecular weight excluding hydrogens is 344 g/mol. The normalized spacial score (nSPS) is 12.6. The van der Waals surface area contributed by atoms with E-state index in [1.165, 1.54) is 13.8 Å². The van der Waals surface area contributed by atoms with Crippen molar-refractivity contribution in [3.8, 4) is 0 Å². The van der Waals surface area contributed by atoms with Gasteiger partial charge in [0.05, 0.1) is 25.6 Å². The Hall–Kier alpha value is -2.49. The molecule has 10 heteroatoms. The number of carbonyl (C=O) groups is 5. The number of aliphatic carboxylic acids is 1. The third-order valence-corrected chi connectivity index (χ3v) is 3.57. The minimum absolute atomic E-state index is 0.179. The van der Waals surface area contributed by atoms with Gasteiger partial charge in [0.2, 0.25) is 17.7 Å². The molecule has 0 aliphatic carbocycles. The van der Waals surface area contributed by atoms with Gasteiger partial charge >= 0.3 is 5.97 Å². The first-order chi connectivity index (χ1) is 12.2. The Balaban J connectivity index is 4.16. The molecule has 0 saturated heterocycles. The van der Waals surface area contributed by atoms with Crippen molar-refractivity contribution in [3.05, 3.63) is 0 Å². The fraction of sp³-hybridized carbons (Fsp3) is 0.688. The highest BCUT2D eigenvalue weighted by molar-refractivity contribution is 5.91. The second-order valence-electron chi connectivity index (χ2n) is 6.01. The Morgan fingerprint density at radius 2 is 1.62 bits per heavy atom. The van der Waals surface area contributed by atoms with Crippen LogP contribution in [0.3, 0.4) is 0 Å². The summed E-state index contributed by atoms with van der Waals surface area (Å²) in [4.78, 5) is 57.0. The molecule has 10 nitrogen and oxygen atoms in total. The number of unbranched alkanes of at least 4 members (excludes halogenated alkanes) is 1. The van der Waals surface area contributed by atoms with Crippen LogP contribution in [0.4, 0.5) is 0 Å². The second kappa shape index (κ2) is 12.8. The van der Waals surface area contributed by atoms with Gasteiger partial charge in [-0.05, 0) is 32.7 Å². The summed E-state index contributed by atoms with van der Waals surface area (Å²) < 4.78 is 0. The maximum atomic E-state index is 11.8. The van der Waals surface area contributed by atoms with Crippen LogP contribution in [0.5, 0.6) is 0 Å². The van der Waals surface area contributed by atoms with Crippen LogP contribution in [-0.4, -0.2) is 60.3 Å². The zero-order valence-electron chi connectivity index (χ0n) is 15.2. The van der Waals surface area contributed by atoms with E-state index in [2.05, 4.69) is 16.0 Å². The van der Waals surface area contributed by atoms with E-state index in [1.807, 2.05) is 0 Å². The third kappa shape index (κ3) is 11.1. The smallest absolute Gasteiger partial charge is 0.304 e. The van der Waals surface area contributed by atoms with E-state index in [-0.39, 0.29) is 25.3 Å². The minimum Gasteiger partial charge on any atom is -0.481 e. The molecule has 0 spiro atoms. The zero-order valence-corrected chi connectivity index (χ0v) is 15.2. The van der Waals surface area contributed by atoms with Crippen LogP contribution in [0.1, 0.15) is 39.5 Å². The molecule has 0 aromatic rings. The van der Waals surface area contributed by atoms with Crippen LogP contribution in [0.25, 0.3) is 0 Å². The fourth-order valence-electron chi connectivity index (χ4n) is 2.05. The Morgan fingerprint density at radius 1 is 1.00 bits per heavy atom. The molecule has 0 heterocycles. The van der Waals surface area contributed by atoms with Crippen molar-refractivity contribution in [1.82, 2.24) is 16.0 Å². The van der Waals surface area contributed by atoms with Crippen LogP contribution >= 0.6 is 0 Å². The first-order valence-corrected chi connectivity index (χ1v) is 8.43. The Labute approximate surface area is 152 Å². The van der Waals surface area contributed by atoms with E-state index in [0.717, 1.165) is 6.42 Å². The molecule has 2 atom stereocenters. The predicted octanol–water partition coefficient (Wildman–Crippen LogP) is -1.47. The summed E-state index contributed by atoms with van der Waals surface area (Å²) in [5.74, 6) is -3.74. The quantitative estimate of drug-likeness (QED) is 0.246. The number of hydrogen-bond acceptors (Lipinski definition) is 6. The molecule has 0 saturated carbocycles. The molecule has 0 radical (unpaired) electrons. The first-order valence-electron chi connectivity index (χ1n) is 8.43. The summed E-state index contributed by atoms with van der Waals surface area (Å²) in [6.07, 6.45) is 1.58. The van der Waals surface area contributed by atoms with E-state index in [1.54, 1.807) is 0 Å². The predicted molar refractivity (Wildman–Crippen MR) is 93.0 cm³/mol. The van der Waals surface area contributed by atoms with Crippen LogP contribution in [0.15, 0.2) is 0 Å². The first kappa shape index (κ1) is 23.5. The molecule has 148 valence electrons. The van der Waals surface area contributed by atoms with Crippen molar-refractivity contribution < 1.29 is 29.1 Å². The number of Topliss-reactive ketones (excluding diaryl/α,β-unsaturated/α-hetero) is 1. The molecule has 0 aliphatic heterocycles. The lowest BCUT2D eigenvalue weighted by Crippen LogP contribution is -2.47. The van der Waals surface area contributed by atoms with E-state index >= 15 is 0 Å². The minimum atomic E-state index is -1.11. The van der Waals surface area contributed by atoms with E-state index in [4.69, 9.17) is 10.8 Å². The molecule has 3 amide bonds. The lowest BCUT2D eigenvalue weighted by molar-refractivity contribution is -0.140. The number of ketones is 1. The van der Waals surface area contributed by atoms with Gasteiger partial charge in [-0.25, -0.2) is 0 Å². The summed E-state index contributed by atoms with van der Waals surface area (Å²) >= 11 is 0. The van der Waals surface area contributed by atoms with Gasteiger partial charge in [-0.3, -0.25) is 24.0 Å². The average Bonchev–Trinajstić information content (AvgIpc) is 2.56. The largest absolute Gasteiger partial charge is 0.481 e. The molecule has 6 N–H and O–H groups in total. The van der Waals surface area contributed by atoms with Crippen LogP contribution in [-0.2, 0) is 24.0 Å². The maximum absolute atomic E-state index is 11.8. The fourth-order valence-corrected chi connectivity index (χ4v) is 2.05. The Morgan fingerprint density at radius 3 is 2.15 bits per heavy atom. The summed E-state index contributed by atoms with van der Waals surface area (Å²) in [7, 11) is 0. The van der Waals surface area contributed by atoms with Crippen LogP contribution in [0, 0.1) is 5.92 Å². The highest BCUT2D eigenvalue weighted by Gasteiger charge is 2.18. The Kier molecular flexibility index (Phi) is 11.6. The van der Waals surface area contributed by atoms with Gasteiger partial charge in [0.25, 0.3) is 0 Å². The molecule has 0 rings (SSSR count). The molecule has 0 aliphatic rings. The third-order valence-electron chi connectivity index (χ3n) is 3.57. The van der Waals surface area contributed by atoms with Gasteiger partial charge in [-0.2, -0.15) is 0 Å². The van der Waals surface area contributed by atoms with Crippen LogP contribution in [0.2, 0.25) is 0 Å². The van der Waals surface area contributed by atoms with Gasteiger partial charge in [0.15, 0.2) is 5.78 Å². The SMILES string of the molecule is CC(=O)[C@H](CCCCN)NC(=O)CNC(=O)CNC(=O)C(C)CC(=O)O. The monoisotopic (exact) mass is 372 g/mol. The standard InChI is InChI=1S/C16H28N4O6/c1-10(7-15(24)25)16(26)19-8-13(22)18-9-14(23)20-12(11(2)21)5-3-4-6-17/h10,12H,3-9,17H2,1-2H3,(H,18,22)(H,19,26)(H,20,23)(H,24,25)/t10?,12-/m0/s1. The Bertz CT molecular complexity index is 523. The van der Waals surface area contributed by atoms with E-state index < -0.39 is 35.7 Å². The molecule has 0 bridgehead atoms. The van der Waals surface area contributed by atoms with Crippen molar-refractivity contribution in [2.45, 2.75) is 45.6 Å². The van der Waals surface area contributed by atoms with Crippen molar-refractivity contribution in [2.75, 3.05) is 19.6 Å². The van der Waals surface area contributed by atoms with Crippen molar-refractivity contribution in [2.24, 2.45) is 11.7 Å². The highest BCUT2D eigenvalue weighted by atomic mass is 16.4. The van der Waals surface area contributed by atoms with E-state index in [0.29, 0.717) is 19.4 Å². The number of hydrogen-bond donors (Lipinski definition) is 5.